The fraction of sp³-hybridized carbons (Fsp3) is 0.417. The van der Waals surface area contributed by atoms with Crippen LogP contribution in [0.4, 0.5) is 0 Å². The quantitative estimate of drug-likeness (QED) is 0.629. The highest BCUT2D eigenvalue weighted by atomic mass is 16.3. The molecule has 1 aromatic carbocycles. The van der Waals surface area contributed by atoms with Crippen molar-refractivity contribution in [3.05, 3.63) is 29.8 Å². The number of hydrogen-bond donors (Lipinski definition) is 3. The molecule has 0 spiro atoms. The Morgan fingerprint density at radius 3 is 2.62 bits per heavy atom. The van der Waals surface area contributed by atoms with Crippen LogP contribution >= 0.6 is 0 Å². The van der Waals surface area contributed by atoms with Gasteiger partial charge in [0.05, 0.1) is 0 Å². The fourth-order valence-corrected chi connectivity index (χ4v) is 1.33. The van der Waals surface area contributed by atoms with Gasteiger partial charge in [-0.3, -0.25) is 4.79 Å². The van der Waals surface area contributed by atoms with Gasteiger partial charge >= 0.3 is 0 Å². The minimum atomic E-state index is 0.0701. The largest absolute Gasteiger partial charge is 0.508 e. The lowest BCUT2D eigenvalue weighted by Crippen LogP contribution is -2.27. The molecule has 0 radical (unpaired) electrons. The van der Waals surface area contributed by atoms with E-state index >= 15 is 0 Å². The van der Waals surface area contributed by atoms with E-state index in [1.807, 2.05) is 19.1 Å². The fourth-order valence-electron chi connectivity index (χ4n) is 1.33. The molecule has 0 fully saturated rings. The molecule has 1 aromatic rings. The molecule has 4 heteroatoms. The van der Waals surface area contributed by atoms with E-state index in [1.54, 1.807) is 12.1 Å². The molecule has 0 aliphatic carbocycles. The number of benzene rings is 1. The van der Waals surface area contributed by atoms with E-state index in [2.05, 4.69) is 10.6 Å². The average Bonchev–Trinajstić information content (AvgIpc) is 2.27. The summed E-state index contributed by atoms with van der Waals surface area (Å²) in [5.74, 6) is 0.340. The number of aromatic hydroxyl groups is 1. The molecule has 1 rings (SSSR count). The zero-order chi connectivity index (χ0) is 11.8. The Kier molecular flexibility index (Phi) is 5.36. The van der Waals surface area contributed by atoms with Crippen molar-refractivity contribution >= 4 is 5.91 Å². The van der Waals surface area contributed by atoms with Gasteiger partial charge in [0.2, 0.25) is 5.91 Å². The van der Waals surface area contributed by atoms with E-state index in [9.17, 15) is 4.79 Å². The summed E-state index contributed by atoms with van der Waals surface area (Å²) in [4.78, 5) is 11.1. The highest BCUT2D eigenvalue weighted by Crippen LogP contribution is 2.08. The molecule has 0 heterocycles. The van der Waals surface area contributed by atoms with E-state index in [4.69, 9.17) is 5.11 Å². The van der Waals surface area contributed by atoms with Gasteiger partial charge in [0.1, 0.15) is 5.75 Å². The normalized spacial score (nSPS) is 10.1. The number of phenolic OH excluding ortho intramolecular Hbond substituents is 1. The molecule has 0 bridgehead atoms. The molecule has 1 amide bonds. The lowest BCUT2D eigenvalue weighted by atomic mass is 10.2. The predicted molar refractivity (Wildman–Crippen MR) is 63.1 cm³/mol. The first-order valence-electron chi connectivity index (χ1n) is 5.47. The van der Waals surface area contributed by atoms with Crippen molar-refractivity contribution in [1.82, 2.24) is 10.6 Å². The maximum Gasteiger partial charge on any atom is 0.221 e. The van der Waals surface area contributed by atoms with Gasteiger partial charge < -0.3 is 15.7 Å². The number of nitrogens with one attached hydrogen (secondary N) is 2. The summed E-state index contributed by atoms with van der Waals surface area (Å²) in [6.07, 6.45) is 0.492. The third-order valence-corrected chi connectivity index (χ3v) is 2.17. The minimum absolute atomic E-state index is 0.0701. The molecule has 0 saturated heterocycles. The Bertz CT molecular complexity index is 322. The van der Waals surface area contributed by atoms with Crippen LogP contribution in [-0.2, 0) is 11.3 Å². The van der Waals surface area contributed by atoms with Gasteiger partial charge in [0.25, 0.3) is 0 Å². The Hall–Kier alpha value is -1.55. The first-order valence-corrected chi connectivity index (χ1v) is 5.47. The molecule has 4 nitrogen and oxygen atoms in total. The van der Waals surface area contributed by atoms with Crippen molar-refractivity contribution in [2.24, 2.45) is 0 Å². The summed E-state index contributed by atoms with van der Waals surface area (Å²) in [6.45, 7) is 3.95. The summed E-state index contributed by atoms with van der Waals surface area (Å²) >= 11 is 0. The molecule has 0 aliphatic rings. The van der Waals surface area contributed by atoms with Crippen LogP contribution in [0.1, 0.15) is 18.9 Å². The Morgan fingerprint density at radius 1 is 1.31 bits per heavy atom. The number of amides is 1. The highest BCUT2D eigenvalue weighted by molar-refractivity contribution is 5.75. The van der Waals surface area contributed by atoms with Gasteiger partial charge in [-0.2, -0.15) is 0 Å². The second-order valence-electron chi connectivity index (χ2n) is 3.55. The monoisotopic (exact) mass is 222 g/mol. The molecular weight excluding hydrogens is 204 g/mol. The molecule has 16 heavy (non-hydrogen) atoms. The molecule has 3 N–H and O–H groups in total. The molecule has 88 valence electrons. The van der Waals surface area contributed by atoms with Crippen LogP contribution in [0.2, 0.25) is 0 Å². The zero-order valence-electron chi connectivity index (χ0n) is 9.49. The van der Waals surface area contributed by atoms with Crippen LogP contribution in [0.3, 0.4) is 0 Å². The molecule has 0 aliphatic heterocycles. The second-order valence-corrected chi connectivity index (χ2v) is 3.55. The summed E-state index contributed by atoms with van der Waals surface area (Å²) in [7, 11) is 0. The smallest absolute Gasteiger partial charge is 0.221 e. The lowest BCUT2D eigenvalue weighted by molar-refractivity contribution is -0.120. The molecular formula is C12H18N2O2. The van der Waals surface area contributed by atoms with E-state index in [0.29, 0.717) is 26.1 Å². The van der Waals surface area contributed by atoms with Gasteiger partial charge in [-0.15, -0.1) is 0 Å². The van der Waals surface area contributed by atoms with Crippen LogP contribution < -0.4 is 10.6 Å². The van der Waals surface area contributed by atoms with Gasteiger partial charge in [-0.05, 0) is 24.6 Å². The van der Waals surface area contributed by atoms with Crippen LogP contribution in [0.5, 0.6) is 5.75 Å². The molecule has 0 unspecified atom stereocenters. The number of rotatable bonds is 6. The molecule has 0 aromatic heterocycles. The van der Waals surface area contributed by atoms with Crippen LogP contribution in [0.25, 0.3) is 0 Å². The van der Waals surface area contributed by atoms with Crippen molar-refractivity contribution in [3.63, 3.8) is 0 Å². The molecule has 0 atom stereocenters. The minimum Gasteiger partial charge on any atom is -0.508 e. The van der Waals surface area contributed by atoms with Crippen LogP contribution in [0, 0.1) is 0 Å². The summed E-state index contributed by atoms with van der Waals surface area (Å²) < 4.78 is 0. The van der Waals surface area contributed by atoms with E-state index < -0.39 is 0 Å². The summed E-state index contributed by atoms with van der Waals surface area (Å²) in [6, 6.07) is 7.02. The SMILES string of the molecule is CCNC(=O)CCNCc1ccc(O)cc1. The number of carbonyl (C=O) groups is 1. The van der Waals surface area contributed by atoms with Gasteiger partial charge in [0, 0.05) is 26.1 Å². The first kappa shape index (κ1) is 12.5. The van der Waals surface area contributed by atoms with E-state index in [0.717, 1.165) is 5.56 Å². The van der Waals surface area contributed by atoms with E-state index in [-0.39, 0.29) is 11.7 Å². The topological polar surface area (TPSA) is 61.4 Å². The Labute approximate surface area is 95.7 Å². The second kappa shape index (κ2) is 6.85. The molecule has 0 saturated carbocycles. The predicted octanol–water partition coefficient (Wildman–Crippen LogP) is 1.01. The standard InChI is InChI=1S/C12H18N2O2/c1-2-14-12(16)7-8-13-9-10-3-5-11(15)6-4-10/h3-6,13,15H,2,7-9H2,1H3,(H,14,16). The summed E-state index contributed by atoms with van der Waals surface area (Å²) in [5.41, 5.74) is 1.09. The highest BCUT2D eigenvalue weighted by Gasteiger charge is 1.98. The van der Waals surface area contributed by atoms with Crippen molar-refractivity contribution in [2.45, 2.75) is 19.9 Å². The third kappa shape index (κ3) is 4.79. The van der Waals surface area contributed by atoms with Gasteiger partial charge in [-0.25, -0.2) is 0 Å². The van der Waals surface area contributed by atoms with Crippen molar-refractivity contribution in [2.75, 3.05) is 13.1 Å². The Morgan fingerprint density at radius 2 is 2.00 bits per heavy atom. The number of hydrogen-bond acceptors (Lipinski definition) is 3. The van der Waals surface area contributed by atoms with Crippen molar-refractivity contribution in [3.8, 4) is 5.75 Å². The summed E-state index contributed by atoms with van der Waals surface area (Å²) in [5, 5.41) is 15.0. The van der Waals surface area contributed by atoms with Crippen LogP contribution in [0.15, 0.2) is 24.3 Å². The zero-order valence-corrected chi connectivity index (χ0v) is 9.49. The lowest BCUT2D eigenvalue weighted by Gasteiger charge is -2.05. The first-order chi connectivity index (χ1) is 7.72. The van der Waals surface area contributed by atoms with Crippen molar-refractivity contribution < 1.29 is 9.90 Å². The number of carbonyl (C=O) groups excluding carboxylic acids is 1. The van der Waals surface area contributed by atoms with E-state index in [1.165, 1.54) is 0 Å². The maximum absolute atomic E-state index is 11.1. The number of phenols is 1. The average molecular weight is 222 g/mol. The van der Waals surface area contributed by atoms with Gasteiger partial charge in [0.15, 0.2) is 0 Å². The van der Waals surface area contributed by atoms with Gasteiger partial charge in [-0.1, -0.05) is 12.1 Å². The maximum atomic E-state index is 11.1. The third-order valence-electron chi connectivity index (χ3n) is 2.17. The van der Waals surface area contributed by atoms with Crippen molar-refractivity contribution in [1.29, 1.82) is 0 Å². The van der Waals surface area contributed by atoms with Crippen LogP contribution in [-0.4, -0.2) is 24.1 Å². The Balaban J connectivity index is 2.16.